The van der Waals surface area contributed by atoms with Crippen LogP contribution in [-0.4, -0.2) is 26.0 Å². The highest BCUT2D eigenvalue weighted by molar-refractivity contribution is 9.10. The summed E-state index contributed by atoms with van der Waals surface area (Å²) in [4.78, 5) is 10.9. The number of rotatable bonds is 5. The lowest BCUT2D eigenvalue weighted by Crippen LogP contribution is -2.24. The fraction of sp³-hybridized carbons (Fsp3) is 0.308. The summed E-state index contributed by atoms with van der Waals surface area (Å²) in [5.41, 5.74) is 1.48. The van der Waals surface area contributed by atoms with Crippen LogP contribution in [-0.2, 0) is 10.0 Å². The average Bonchev–Trinajstić information content (AvgIpc) is 2.31. The normalized spacial score (nSPS) is 11.2. The van der Waals surface area contributed by atoms with Gasteiger partial charge in [0.05, 0.1) is 10.5 Å². The number of sulfonamides is 1. The Balaban J connectivity index is 3.24. The molecular formula is C13H16BrNO4S. The largest absolute Gasteiger partial charge is 0.478 e. The minimum atomic E-state index is -3.77. The SMILES string of the molecule is CC(C)=CCNS(=O)(=O)c1cc(C(=O)O)cc(C)c1Br. The molecule has 0 aliphatic heterocycles. The lowest BCUT2D eigenvalue weighted by molar-refractivity contribution is 0.0696. The summed E-state index contributed by atoms with van der Waals surface area (Å²) in [6.07, 6.45) is 1.74. The highest BCUT2D eigenvalue weighted by Crippen LogP contribution is 2.27. The van der Waals surface area contributed by atoms with Crippen molar-refractivity contribution >= 4 is 31.9 Å². The van der Waals surface area contributed by atoms with Gasteiger partial charge in [-0.15, -0.1) is 0 Å². The second kappa shape index (κ2) is 6.51. The van der Waals surface area contributed by atoms with Crippen molar-refractivity contribution in [2.24, 2.45) is 0 Å². The van der Waals surface area contributed by atoms with Gasteiger partial charge in [0.1, 0.15) is 0 Å². The lowest BCUT2D eigenvalue weighted by Gasteiger charge is -2.10. The third kappa shape index (κ3) is 4.16. The van der Waals surface area contributed by atoms with Gasteiger partial charge in [0.15, 0.2) is 0 Å². The summed E-state index contributed by atoms with van der Waals surface area (Å²) >= 11 is 3.19. The fourth-order valence-electron chi connectivity index (χ4n) is 1.49. The van der Waals surface area contributed by atoms with E-state index in [0.29, 0.717) is 10.0 Å². The van der Waals surface area contributed by atoms with Gasteiger partial charge >= 0.3 is 5.97 Å². The first kappa shape index (κ1) is 16.9. The van der Waals surface area contributed by atoms with Crippen LogP contribution >= 0.6 is 15.9 Å². The number of hydrogen-bond donors (Lipinski definition) is 2. The third-order valence-electron chi connectivity index (χ3n) is 2.54. The zero-order chi connectivity index (χ0) is 15.5. The first-order chi connectivity index (χ1) is 9.15. The van der Waals surface area contributed by atoms with E-state index in [1.54, 1.807) is 13.0 Å². The maximum absolute atomic E-state index is 12.2. The zero-order valence-corrected chi connectivity index (χ0v) is 13.8. The van der Waals surface area contributed by atoms with E-state index in [1.165, 1.54) is 6.07 Å². The molecule has 0 atom stereocenters. The number of aryl methyl sites for hydroxylation is 1. The summed E-state index contributed by atoms with van der Waals surface area (Å²) in [6.45, 7) is 5.53. The van der Waals surface area contributed by atoms with Crippen LogP contribution < -0.4 is 4.72 Å². The molecule has 1 aromatic rings. The van der Waals surface area contributed by atoms with Gasteiger partial charge in [-0.25, -0.2) is 17.9 Å². The molecule has 110 valence electrons. The molecule has 0 aliphatic rings. The van der Waals surface area contributed by atoms with Gasteiger partial charge < -0.3 is 5.11 Å². The van der Waals surface area contributed by atoms with Crippen molar-refractivity contribution in [1.82, 2.24) is 4.72 Å². The van der Waals surface area contributed by atoms with Crippen molar-refractivity contribution in [1.29, 1.82) is 0 Å². The van der Waals surface area contributed by atoms with Gasteiger partial charge in [0, 0.05) is 11.0 Å². The predicted molar refractivity (Wildman–Crippen MR) is 80.5 cm³/mol. The molecule has 1 aromatic carbocycles. The van der Waals surface area contributed by atoms with Crippen LogP contribution in [0.4, 0.5) is 0 Å². The Morgan fingerprint density at radius 2 is 2.00 bits per heavy atom. The summed E-state index contributed by atoms with van der Waals surface area (Å²) < 4.78 is 27.2. The van der Waals surface area contributed by atoms with E-state index in [0.717, 1.165) is 11.6 Å². The fourth-order valence-corrected chi connectivity index (χ4v) is 3.49. The number of carboxylic acid groups (broad SMARTS) is 1. The molecule has 7 heteroatoms. The third-order valence-corrected chi connectivity index (χ3v) is 5.30. The summed E-state index contributed by atoms with van der Waals surface area (Å²) in [5.74, 6) is -1.17. The van der Waals surface area contributed by atoms with Crippen molar-refractivity contribution in [2.75, 3.05) is 6.54 Å². The molecule has 0 amide bonds. The van der Waals surface area contributed by atoms with Gasteiger partial charge in [-0.3, -0.25) is 0 Å². The molecule has 0 aliphatic carbocycles. The molecule has 5 nitrogen and oxygen atoms in total. The molecule has 0 spiro atoms. The predicted octanol–water partition coefficient (Wildman–Crippen LogP) is 2.70. The Bertz CT molecular complexity index is 661. The topological polar surface area (TPSA) is 83.5 Å². The first-order valence-electron chi connectivity index (χ1n) is 5.81. The molecule has 20 heavy (non-hydrogen) atoms. The van der Waals surface area contributed by atoms with Crippen molar-refractivity contribution in [3.63, 3.8) is 0 Å². The van der Waals surface area contributed by atoms with Crippen molar-refractivity contribution < 1.29 is 18.3 Å². The lowest BCUT2D eigenvalue weighted by atomic mass is 10.1. The Morgan fingerprint density at radius 1 is 1.40 bits per heavy atom. The number of carboxylic acids is 1. The van der Waals surface area contributed by atoms with Gasteiger partial charge in [0.2, 0.25) is 10.0 Å². The van der Waals surface area contributed by atoms with Gasteiger partial charge in [0.25, 0.3) is 0 Å². The van der Waals surface area contributed by atoms with Crippen LogP contribution in [0.25, 0.3) is 0 Å². The Labute approximate surface area is 126 Å². The number of halogens is 1. The first-order valence-corrected chi connectivity index (χ1v) is 8.09. The molecule has 1 rings (SSSR count). The van der Waals surface area contributed by atoms with E-state index in [9.17, 15) is 13.2 Å². The maximum atomic E-state index is 12.2. The molecule has 0 unspecified atom stereocenters. The molecule has 0 aromatic heterocycles. The van der Waals surface area contributed by atoms with Crippen molar-refractivity contribution in [2.45, 2.75) is 25.7 Å². The second-order valence-corrected chi connectivity index (χ2v) is 7.07. The van der Waals surface area contributed by atoms with E-state index in [-0.39, 0.29) is 17.0 Å². The second-order valence-electron chi connectivity index (χ2n) is 4.54. The van der Waals surface area contributed by atoms with Gasteiger partial charge in [-0.05, 0) is 54.4 Å². The number of hydrogen-bond acceptors (Lipinski definition) is 3. The standard InChI is InChI=1S/C13H16BrNO4S/c1-8(2)4-5-15-20(18,19)11-7-10(13(16)17)6-9(3)12(11)14/h4,6-7,15H,5H2,1-3H3,(H,16,17). The van der Waals surface area contributed by atoms with Gasteiger partial charge in [-0.2, -0.15) is 0 Å². The minimum Gasteiger partial charge on any atom is -0.478 e. The molecular weight excluding hydrogens is 346 g/mol. The van der Waals surface area contributed by atoms with Crippen LogP contribution in [0.5, 0.6) is 0 Å². The summed E-state index contributed by atoms with van der Waals surface area (Å²) in [7, 11) is -3.77. The number of aromatic carboxylic acids is 1. The van der Waals surface area contributed by atoms with Crippen LogP contribution in [0, 0.1) is 6.92 Å². The highest BCUT2D eigenvalue weighted by Gasteiger charge is 2.20. The summed E-state index contributed by atoms with van der Waals surface area (Å²) in [5, 5.41) is 9.00. The number of allylic oxidation sites excluding steroid dienone is 1. The number of nitrogens with one attached hydrogen (secondary N) is 1. The van der Waals surface area contributed by atoms with E-state index < -0.39 is 16.0 Å². The minimum absolute atomic E-state index is 0.0618. The molecule has 0 radical (unpaired) electrons. The Morgan fingerprint density at radius 3 is 2.50 bits per heavy atom. The molecule has 0 heterocycles. The smallest absolute Gasteiger partial charge is 0.335 e. The van der Waals surface area contributed by atoms with Crippen molar-refractivity contribution in [3.05, 3.63) is 39.4 Å². The quantitative estimate of drug-likeness (QED) is 0.789. The van der Waals surface area contributed by atoms with Crippen LogP contribution in [0.2, 0.25) is 0 Å². The van der Waals surface area contributed by atoms with E-state index >= 15 is 0 Å². The van der Waals surface area contributed by atoms with E-state index in [4.69, 9.17) is 5.11 Å². The Hall–Kier alpha value is -1.18. The van der Waals surface area contributed by atoms with E-state index in [1.807, 2.05) is 13.8 Å². The van der Waals surface area contributed by atoms with Gasteiger partial charge in [-0.1, -0.05) is 11.6 Å². The van der Waals surface area contributed by atoms with Crippen molar-refractivity contribution in [3.8, 4) is 0 Å². The summed E-state index contributed by atoms with van der Waals surface area (Å²) in [6, 6.07) is 2.56. The number of carbonyl (C=O) groups is 1. The molecule has 2 N–H and O–H groups in total. The zero-order valence-electron chi connectivity index (χ0n) is 11.4. The van der Waals surface area contributed by atoms with Crippen LogP contribution in [0.15, 0.2) is 33.2 Å². The number of benzene rings is 1. The molecule has 0 bridgehead atoms. The maximum Gasteiger partial charge on any atom is 0.335 e. The monoisotopic (exact) mass is 361 g/mol. The van der Waals surface area contributed by atoms with Crippen LogP contribution in [0.1, 0.15) is 29.8 Å². The highest BCUT2D eigenvalue weighted by atomic mass is 79.9. The van der Waals surface area contributed by atoms with E-state index in [2.05, 4.69) is 20.7 Å². The average molecular weight is 362 g/mol. The molecule has 0 saturated heterocycles. The molecule has 0 fully saturated rings. The molecule has 0 saturated carbocycles. The Kier molecular flexibility index (Phi) is 5.50. The van der Waals surface area contributed by atoms with Crippen LogP contribution in [0.3, 0.4) is 0 Å².